The van der Waals surface area contributed by atoms with Gasteiger partial charge in [0.25, 0.3) is 0 Å². The smallest absolute Gasteiger partial charge is 0.178 e. The molecule has 0 amide bonds. The minimum absolute atomic E-state index is 0.813. The molecule has 2 aromatic carbocycles. The fraction of sp³-hybridized carbons (Fsp3) is 0.0526. The van der Waals surface area contributed by atoms with Gasteiger partial charge in [0.2, 0.25) is 0 Å². The highest BCUT2D eigenvalue weighted by Crippen LogP contribution is 2.32. The van der Waals surface area contributed by atoms with Crippen molar-refractivity contribution in [1.29, 1.82) is 5.26 Å². The van der Waals surface area contributed by atoms with Gasteiger partial charge in [0.15, 0.2) is 5.54 Å². The molecule has 0 aliphatic rings. The van der Waals surface area contributed by atoms with Crippen molar-refractivity contribution < 1.29 is 0 Å². The number of aromatic nitrogens is 1. The summed E-state index contributed by atoms with van der Waals surface area (Å²) in [5.74, 6) is 0. The predicted molar refractivity (Wildman–Crippen MR) is 87.1 cm³/mol. The Hall–Kier alpha value is -3.12. The first kappa shape index (κ1) is 13.8. The molecular formula is C19H15N3. The van der Waals surface area contributed by atoms with E-state index in [9.17, 15) is 5.26 Å². The molecule has 3 rings (SSSR count). The van der Waals surface area contributed by atoms with Gasteiger partial charge in [-0.2, -0.15) is 5.26 Å². The van der Waals surface area contributed by atoms with Crippen LogP contribution in [0, 0.1) is 11.3 Å². The number of anilines is 1. The highest BCUT2D eigenvalue weighted by molar-refractivity contribution is 5.57. The topological polar surface area (TPSA) is 48.7 Å². The van der Waals surface area contributed by atoms with E-state index in [4.69, 9.17) is 0 Å². The summed E-state index contributed by atoms with van der Waals surface area (Å²) < 4.78 is 0. The lowest BCUT2D eigenvalue weighted by Crippen LogP contribution is -2.35. The molecule has 0 saturated carbocycles. The SMILES string of the molecule is N#CC(Nc1ccccc1)(c1ccccc1)c1cccnc1. The van der Waals surface area contributed by atoms with Crippen LogP contribution in [0.1, 0.15) is 11.1 Å². The minimum Gasteiger partial charge on any atom is -0.360 e. The van der Waals surface area contributed by atoms with Crippen LogP contribution in [0.3, 0.4) is 0 Å². The van der Waals surface area contributed by atoms with Crippen LogP contribution in [0.5, 0.6) is 0 Å². The van der Waals surface area contributed by atoms with Gasteiger partial charge in [-0.05, 0) is 23.8 Å². The van der Waals surface area contributed by atoms with E-state index in [1.165, 1.54) is 0 Å². The maximum absolute atomic E-state index is 10.0. The molecule has 3 heteroatoms. The number of nitrogens with one attached hydrogen (secondary N) is 1. The van der Waals surface area contributed by atoms with Gasteiger partial charge in [0.1, 0.15) is 6.07 Å². The second-order valence-corrected chi connectivity index (χ2v) is 4.96. The third-order valence-electron chi connectivity index (χ3n) is 3.57. The van der Waals surface area contributed by atoms with E-state index in [1.807, 2.05) is 72.8 Å². The normalized spacial score (nSPS) is 12.9. The highest BCUT2D eigenvalue weighted by Gasteiger charge is 2.34. The second-order valence-electron chi connectivity index (χ2n) is 4.96. The molecule has 1 aromatic heterocycles. The van der Waals surface area contributed by atoms with Gasteiger partial charge in [-0.25, -0.2) is 0 Å². The van der Waals surface area contributed by atoms with Crippen molar-refractivity contribution in [3.63, 3.8) is 0 Å². The summed E-state index contributed by atoms with van der Waals surface area (Å²) in [6.45, 7) is 0. The lowest BCUT2D eigenvalue weighted by Gasteiger charge is -2.29. The predicted octanol–water partition coefficient (Wildman–Crippen LogP) is 3.96. The third-order valence-corrected chi connectivity index (χ3v) is 3.57. The van der Waals surface area contributed by atoms with Crippen LogP contribution in [0.25, 0.3) is 0 Å². The largest absolute Gasteiger partial charge is 0.360 e. The molecule has 3 aromatic rings. The minimum atomic E-state index is -0.975. The Labute approximate surface area is 129 Å². The van der Waals surface area contributed by atoms with E-state index in [1.54, 1.807) is 12.4 Å². The Morgan fingerprint density at radius 2 is 1.45 bits per heavy atom. The molecule has 106 valence electrons. The van der Waals surface area contributed by atoms with Crippen molar-refractivity contribution in [3.05, 3.63) is 96.3 Å². The molecule has 3 nitrogen and oxygen atoms in total. The first-order chi connectivity index (χ1) is 10.8. The van der Waals surface area contributed by atoms with Crippen molar-refractivity contribution in [1.82, 2.24) is 4.98 Å². The van der Waals surface area contributed by atoms with Crippen LogP contribution in [0.15, 0.2) is 85.2 Å². The van der Waals surface area contributed by atoms with Gasteiger partial charge in [-0.15, -0.1) is 0 Å². The first-order valence-corrected chi connectivity index (χ1v) is 7.06. The van der Waals surface area contributed by atoms with Crippen LogP contribution in [0.4, 0.5) is 5.69 Å². The Bertz CT molecular complexity index is 723. The lowest BCUT2D eigenvalue weighted by molar-refractivity contribution is 0.755. The molecule has 1 unspecified atom stereocenters. The quantitative estimate of drug-likeness (QED) is 0.789. The van der Waals surface area contributed by atoms with Crippen LogP contribution in [-0.4, -0.2) is 4.98 Å². The average Bonchev–Trinajstić information content (AvgIpc) is 2.62. The van der Waals surface area contributed by atoms with Crippen molar-refractivity contribution in [2.24, 2.45) is 0 Å². The van der Waals surface area contributed by atoms with E-state index >= 15 is 0 Å². The molecule has 0 aliphatic carbocycles. The standard InChI is InChI=1S/C19H15N3/c20-15-19(16-8-3-1-4-9-16,17-10-7-13-21-14-17)22-18-11-5-2-6-12-18/h1-14,22H. The number of pyridine rings is 1. The van der Waals surface area contributed by atoms with E-state index in [-0.39, 0.29) is 0 Å². The van der Waals surface area contributed by atoms with Gasteiger partial charge >= 0.3 is 0 Å². The maximum Gasteiger partial charge on any atom is 0.178 e. The maximum atomic E-state index is 10.0. The van der Waals surface area contributed by atoms with Crippen LogP contribution >= 0.6 is 0 Å². The van der Waals surface area contributed by atoms with E-state index < -0.39 is 5.54 Å². The highest BCUT2D eigenvalue weighted by atomic mass is 15.0. The molecule has 1 heterocycles. The number of nitrogens with zero attached hydrogens (tertiary/aromatic N) is 2. The molecule has 0 radical (unpaired) electrons. The molecule has 1 N–H and O–H groups in total. The first-order valence-electron chi connectivity index (χ1n) is 7.06. The molecule has 0 spiro atoms. The fourth-order valence-corrected chi connectivity index (χ4v) is 2.48. The molecule has 22 heavy (non-hydrogen) atoms. The summed E-state index contributed by atoms with van der Waals surface area (Å²) >= 11 is 0. The van der Waals surface area contributed by atoms with Gasteiger partial charge < -0.3 is 5.32 Å². The molecule has 1 atom stereocenters. The second kappa shape index (κ2) is 6.11. The lowest BCUT2D eigenvalue weighted by atomic mass is 9.84. The van der Waals surface area contributed by atoms with E-state index in [2.05, 4.69) is 16.4 Å². The molecule has 0 saturated heterocycles. The van der Waals surface area contributed by atoms with E-state index in [0.717, 1.165) is 16.8 Å². The Kier molecular flexibility index (Phi) is 3.84. The zero-order valence-electron chi connectivity index (χ0n) is 12.0. The third kappa shape index (κ3) is 2.55. The van der Waals surface area contributed by atoms with Crippen LogP contribution < -0.4 is 5.32 Å². The molecule has 0 bridgehead atoms. The summed E-state index contributed by atoms with van der Waals surface area (Å²) in [5.41, 5.74) is 1.61. The number of rotatable bonds is 4. The molecular weight excluding hydrogens is 270 g/mol. The Morgan fingerprint density at radius 1 is 0.818 bits per heavy atom. The van der Waals surface area contributed by atoms with Crippen molar-refractivity contribution in [2.45, 2.75) is 5.54 Å². The van der Waals surface area contributed by atoms with Crippen molar-refractivity contribution >= 4 is 5.69 Å². The molecule has 0 fully saturated rings. The van der Waals surface area contributed by atoms with Gasteiger partial charge in [-0.3, -0.25) is 4.98 Å². The number of hydrogen-bond donors (Lipinski definition) is 1. The number of nitriles is 1. The number of hydrogen-bond acceptors (Lipinski definition) is 3. The summed E-state index contributed by atoms with van der Waals surface area (Å²) in [4.78, 5) is 4.17. The summed E-state index contributed by atoms with van der Waals surface area (Å²) in [6, 6.07) is 25.7. The van der Waals surface area contributed by atoms with E-state index in [0.29, 0.717) is 0 Å². The van der Waals surface area contributed by atoms with Crippen molar-refractivity contribution in [3.8, 4) is 6.07 Å². The summed E-state index contributed by atoms with van der Waals surface area (Å²) in [6.07, 6.45) is 3.44. The van der Waals surface area contributed by atoms with Crippen LogP contribution in [-0.2, 0) is 5.54 Å². The summed E-state index contributed by atoms with van der Waals surface area (Å²) in [5, 5.41) is 13.4. The Balaban J connectivity index is 2.16. The average molecular weight is 285 g/mol. The van der Waals surface area contributed by atoms with Gasteiger partial charge in [0.05, 0.1) is 0 Å². The zero-order valence-corrected chi connectivity index (χ0v) is 12.0. The van der Waals surface area contributed by atoms with Crippen molar-refractivity contribution in [2.75, 3.05) is 5.32 Å². The van der Waals surface area contributed by atoms with Gasteiger partial charge in [0, 0.05) is 23.6 Å². The molecule has 0 aliphatic heterocycles. The van der Waals surface area contributed by atoms with Gasteiger partial charge in [-0.1, -0.05) is 54.6 Å². The Morgan fingerprint density at radius 3 is 2.05 bits per heavy atom. The number of para-hydroxylation sites is 1. The summed E-state index contributed by atoms with van der Waals surface area (Å²) in [7, 11) is 0. The van der Waals surface area contributed by atoms with Crippen LogP contribution in [0.2, 0.25) is 0 Å². The fourth-order valence-electron chi connectivity index (χ4n) is 2.48. The monoisotopic (exact) mass is 285 g/mol. The zero-order chi connectivity index (χ0) is 15.3. The number of benzene rings is 2.